The molecule has 2 rings (SSSR count). The first-order valence-electron chi connectivity index (χ1n) is 11.1. The lowest BCUT2D eigenvalue weighted by Gasteiger charge is -2.14. The number of hydrogen-bond acceptors (Lipinski definition) is 6. The van der Waals surface area contributed by atoms with Gasteiger partial charge in [-0.25, -0.2) is 23.3 Å². The number of benzene rings is 2. The van der Waals surface area contributed by atoms with Crippen molar-refractivity contribution in [3.05, 3.63) is 65.7 Å². The second-order valence-electron chi connectivity index (χ2n) is 8.32. The van der Waals surface area contributed by atoms with Gasteiger partial charge in [-0.15, -0.1) is 0 Å². The molecule has 6 N–H and O–H groups in total. The van der Waals surface area contributed by atoms with Crippen LogP contribution in [0, 0.1) is 5.92 Å². The van der Waals surface area contributed by atoms with Crippen LogP contribution in [-0.4, -0.2) is 49.4 Å². The van der Waals surface area contributed by atoms with Crippen molar-refractivity contribution in [3.63, 3.8) is 0 Å². The van der Waals surface area contributed by atoms with Crippen LogP contribution in [0.3, 0.4) is 0 Å². The van der Waals surface area contributed by atoms with Crippen LogP contribution in [0.2, 0.25) is 0 Å². The molecule has 0 spiro atoms. The standard InChI is InChI=1S/C22H28N4O4S.C2HF3O2/c1-15(2)21(28)26-22(23)25-19(14-17-6-4-3-5-7-17)20(27)13-10-16-8-11-18(12-9-16)31(24,29)30;3-2(4,5)1(6)7/h3-9,11-12,15,19H,10,13-14H2,1-2H3,(H2,24,29,30)(H3,23,25,26,28);(H,6,7)/t19-;/m1./s1. The van der Waals surface area contributed by atoms with Gasteiger partial charge in [-0.05, 0) is 29.7 Å². The van der Waals surface area contributed by atoms with Crippen LogP contribution in [0.4, 0.5) is 13.2 Å². The average molecular weight is 559 g/mol. The van der Waals surface area contributed by atoms with Crippen LogP contribution in [0.1, 0.15) is 31.4 Å². The number of guanidine groups is 1. The summed E-state index contributed by atoms with van der Waals surface area (Å²) in [5.41, 5.74) is 7.58. The Hall–Kier alpha value is -3.78. The molecule has 10 nitrogen and oxygen atoms in total. The second kappa shape index (κ2) is 14.2. The summed E-state index contributed by atoms with van der Waals surface area (Å²) in [6.07, 6.45) is -4.15. The van der Waals surface area contributed by atoms with E-state index in [-0.39, 0.29) is 34.9 Å². The summed E-state index contributed by atoms with van der Waals surface area (Å²) >= 11 is 0. The van der Waals surface area contributed by atoms with E-state index in [0.29, 0.717) is 12.8 Å². The van der Waals surface area contributed by atoms with Gasteiger partial charge >= 0.3 is 12.1 Å². The summed E-state index contributed by atoms with van der Waals surface area (Å²) in [7, 11) is -3.76. The van der Waals surface area contributed by atoms with E-state index in [1.54, 1.807) is 26.0 Å². The number of nitrogens with one attached hydrogen (secondary N) is 1. The topological polar surface area (TPSA) is 182 Å². The lowest BCUT2D eigenvalue weighted by atomic mass is 9.98. The van der Waals surface area contributed by atoms with Crippen LogP contribution < -0.4 is 16.2 Å². The van der Waals surface area contributed by atoms with Gasteiger partial charge in [0.15, 0.2) is 11.7 Å². The molecule has 1 amide bonds. The number of alkyl halides is 3. The van der Waals surface area contributed by atoms with E-state index in [1.165, 1.54) is 12.1 Å². The number of aryl methyl sites for hydroxylation is 1. The van der Waals surface area contributed by atoms with E-state index < -0.39 is 28.2 Å². The molecular weight excluding hydrogens is 529 g/mol. The van der Waals surface area contributed by atoms with Gasteiger partial charge in [0.1, 0.15) is 6.04 Å². The number of carbonyl (C=O) groups is 3. The summed E-state index contributed by atoms with van der Waals surface area (Å²) in [6, 6.07) is 14.7. The summed E-state index contributed by atoms with van der Waals surface area (Å²) in [4.78, 5) is 38.0. The van der Waals surface area contributed by atoms with Crippen molar-refractivity contribution in [2.45, 2.75) is 50.2 Å². The Balaban J connectivity index is 0.000000905. The molecule has 0 aliphatic rings. The molecule has 0 unspecified atom stereocenters. The molecule has 0 heterocycles. The van der Waals surface area contributed by atoms with Gasteiger partial charge in [0, 0.05) is 18.8 Å². The number of amides is 1. The van der Waals surface area contributed by atoms with Gasteiger partial charge in [0.05, 0.1) is 4.90 Å². The molecule has 0 fully saturated rings. The van der Waals surface area contributed by atoms with Crippen LogP contribution in [-0.2, 0) is 37.2 Å². The van der Waals surface area contributed by atoms with Crippen LogP contribution >= 0.6 is 0 Å². The van der Waals surface area contributed by atoms with Crippen molar-refractivity contribution in [1.82, 2.24) is 5.32 Å². The molecule has 0 aliphatic heterocycles. The highest BCUT2D eigenvalue weighted by Gasteiger charge is 2.38. The number of ketones is 1. The number of rotatable bonds is 9. The third kappa shape index (κ3) is 12.0. The van der Waals surface area contributed by atoms with Gasteiger partial charge in [-0.1, -0.05) is 56.3 Å². The molecule has 0 aromatic heterocycles. The Morgan fingerprint density at radius 2 is 1.53 bits per heavy atom. The maximum absolute atomic E-state index is 12.9. The van der Waals surface area contributed by atoms with Gasteiger partial charge in [0.2, 0.25) is 15.9 Å². The minimum absolute atomic E-state index is 0.0165. The minimum Gasteiger partial charge on any atom is -0.475 e. The third-order valence-corrected chi connectivity index (χ3v) is 5.80. The number of sulfonamides is 1. The first-order valence-corrected chi connectivity index (χ1v) is 12.7. The summed E-state index contributed by atoms with van der Waals surface area (Å²) in [5, 5.41) is 14.7. The number of nitrogens with two attached hydrogens (primary N) is 2. The Morgan fingerprint density at radius 3 is 1.97 bits per heavy atom. The van der Waals surface area contributed by atoms with E-state index in [9.17, 15) is 31.2 Å². The van der Waals surface area contributed by atoms with E-state index in [2.05, 4.69) is 10.3 Å². The molecule has 1 atom stereocenters. The zero-order chi connectivity index (χ0) is 29.1. The SMILES string of the molecule is CC(C)C(=O)NC(N)=N[C@H](Cc1ccccc1)C(=O)CCc1ccc(S(N)(=O)=O)cc1.O=C(O)C(F)(F)F. The Bertz CT molecular complexity index is 1230. The molecule has 2 aromatic rings. The van der Waals surface area contributed by atoms with Gasteiger partial charge in [0.25, 0.3) is 0 Å². The van der Waals surface area contributed by atoms with Crippen molar-refractivity contribution < 1.29 is 41.1 Å². The second-order valence-corrected chi connectivity index (χ2v) is 9.88. The van der Waals surface area contributed by atoms with E-state index in [0.717, 1.165) is 11.1 Å². The number of Topliss-reactive ketones (excluding diaryl/α,β-unsaturated/α-hetero) is 1. The monoisotopic (exact) mass is 558 g/mol. The fourth-order valence-corrected chi connectivity index (χ4v) is 3.33. The fourth-order valence-electron chi connectivity index (χ4n) is 2.82. The van der Waals surface area contributed by atoms with Crippen LogP contribution in [0.25, 0.3) is 0 Å². The van der Waals surface area contributed by atoms with Crippen molar-refractivity contribution in [1.29, 1.82) is 0 Å². The molecule has 0 bridgehead atoms. The van der Waals surface area contributed by atoms with E-state index in [1.807, 2.05) is 30.3 Å². The lowest BCUT2D eigenvalue weighted by molar-refractivity contribution is -0.192. The summed E-state index contributed by atoms with van der Waals surface area (Å²) in [6.45, 7) is 3.47. The van der Waals surface area contributed by atoms with E-state index in [4.69, 9.17) is 20.8 Å². The molecule has 2 aromatic carbocycles. The van der Waals surface area contributed by atoms with Crippen molar-refractivity contribution in [2.75, 3.05) is 0 Å². The smallest absolute Gasteiger partial charge is 0.475 e. The number of aliphatic imine (C=N–C) groups is 1. The predicted molar refractivity (Wildman–Crippen MR) is 133 cm³/mol. The number of carboxylic acid groups (broad SMARTS) is 1. The number of nitrogens with zero attached hydrogens (tertiary/aromatic N) is 1. The number of carbonyl (C=O) groups excluding carboxylic acids is 2. The number of primary sulfonamides is 1. The first kappa shape index (κ1) is 32.2. The lowest BCUT2D eigenvalue weighted by Crippen LogP contribution is -2.41. The maximum atomic E-state index is 12.9. The van der Waals surface area contributed by atoms with Gasteiger partial charge in [-0.3, -0.25) is 14.9 Å². The summed E-state index contributed by atoms with van der Waals surface area (Å²) in [5.74, 6) is -3.53. The Kier molecular flexibility index (Phi) is 12.1. The number of hydrogen-bond donors (Lipinski definition) is 4. The molecule has 0 saturated carbocycles. The van der Waals surface area contributed by atoms with E-state index >= 15 is 0 Å². The number of halogens is 3. The highest BCUT2D eigenvalue weighted by atomic mass is 32.2. The molecule has 0 aliphatic carbocycles. The van der Waals surface area contributed by atoms with Crippen molar-refractivity contribution in [3.8, 4) is 0 Å². The van der Waals surface area contributed by atoms with Crippen LogP contribution in [0.5, 0.6) is 0 Å². The average Bonchev–Trinajstić information content (AvgIpc) is 2.82. The van der Waals surface area contributed by atoms with Gasteiger partial charge < -0.3 is 10.8 Å². The highest BCUT2D eigenvalue weighted by molar-refractivity contribution is 7.89. The minimum atomic E-state index is -5.08. The summed E-state index contributed by atoms with van der Waals surface area (Å²) < 4.78 is 54.5. The largest absolute Gasteiger partial charge is 0.490 e. The maximum Gasteiger partial charge on any atom is 0.490 e. The van der Waals surface area contributed by atoms with Crippen molar-refractivity contribution >= 4 is 33.6 Å². The van der Waals surface area contributed by atoms with Crippen molar-refractivity contribution in [2.24, 2.45) is 21.8 Å². The third-order valence-electron chi connectivity index (χ3n) is 4.87. The zero-order valence-corrected chi connectivity index (χ0v) is 21.4. The Labute approximate surface area is 218 Å². The molecule has 38 heavy (non-hydrogen) atoms. The molecule has 208 valence electrons. The first-order chi connectivity index (χ1) is 17.5. The Morgan fingerprint density at radius 1 is 1.00 bits per heavy atom. The molecule has 14 heteroatoms. The molecule has 0 saturated heterocycles. The predicted octanol–water partition coefficient (Wildman–Crippen LogP) is 2.17. The quantitative estimate of drug-likeness (QED) is 0.269. The normalized spacial score (nSPS) is 12.8. The van der Waals surface area contributed by atoms with Gasteiger partial charge in [-0.2, -0.15) is 13.2 Å². The molecular formula is C24H29F3N4O6S. The fraction of sp³-hybridized carbons (Fsp3) is 0.333. The zero-order valence-electron chi connectivity index (χ0n) is 20.6. The number of aliphatic carboxylic acids is 1. The molecule has 0 radical (unpaired) electrons. The highest BCUT2D eigenvalue weighted by Crippen LogP contribution is 2.14. The van der Waals surface area contributed by atoms with Crippen LogP contribution in [0.15, 0.2) is 64.5 Å². The number of carboxylic acids is 1.